The quantitative estimate of drug-likeness (QED) is 0.0611. The Morgan fingerprint density at radius 1 is 0.529 bits per heavy atom. The first-order valence-corrected chi connectivity index (χ1v) is 20.9. The van der Waals surface area contributed by atoms with E-state index in [-0.39, 0.29) is 11.8 Å². The first-order valence-electron chi connectivity index (χ1n) is 20.9. The highest BCUT2D eigenvalue weighted by atomic mass is 16.2. The highest BCUT2D eigenvalue weighted by molar-refractivity contribution is 6.13. The molecule has 0 unspecified atom stereocenters. The zero-order chi connectivity index (χ0) is 45.6. The third-order valence-corrected chi connectivity index (χ3v) is 11.0. The summed E-state index contributed by atoms with van der Waals surface area (Å²) >= 11 is 0. The van der Waals surface area contributed by atoms with E-state index in [1.807, 2.05) is 66.7 Å². The predicted octanol–water partition coefficient (Wildman–Crippen LogP) is 7.95. The van der Waals surface area contributed by atoms with Gasteiger partial charge >= 0.3 is 0 Å². The van der Waals surface area contributed by atoms with Crippen LogP contribution in [-0.4, -0.2) is 87.5 Å². The average Bonchev–Trinajstić information content (AvgIpc) is 4.21. The van der Waals surface area contributed by atoms with Crippen LogP contribution in [0, 0.1) is 0 Å². The summed E-state index contributed by atoms with van der Waals surface area (Å²) in [5.41, 5.74) is 8.50. The number of amides is 2. The molecule has 0 aliphatic carbocycles. The number of benzene rings is 3. The smallest absolute Gasteiger partial charge is 0.272 e. The number of aromatic nitrogens is 15. The van der Waals surface area contributed by atoms with Crippen molar-refractivity contribution in [1.82, 2.24) is 75.7 Å². The SMILES string of the molecule is O=C(Nc1ccnnc1)c1cc2ccc(-c3nc(Nc4ccc5[nH]ncc5c4)cc(-c4cc5[nH]ncc5cc4Nc4ccnc(-c5ccc6[nH]cc(C(=O)Nc7ccnnc7)c6c5)n4)n3)nc2[nH]1. The molecule has 0 radical (unpaired) electrons. The van der Waals surface area contributed by atoms with Crippen LogP contribution < -0.4 is 21.3 Å². The number of anilines is 6. The zero-order valence-electron chi connectivity index (χ0n) is 35.0. The van der Waals surface area contributed by atoms with Gasteiger partial charge in [0.1, 0.15) is 28.7 Å². The summed E-state index contributed by atoms with van der Waals surface area (Å²) in [5, 5.41) is 45.6. The van der Waals surface area contributed by atoms with E-state index >= 15 is 0 Å². The summed E-state index contributed by atoms with van der Waals surface area (Å²) in [6, 6.07) is 27.7. The molecule has 0 aliphatic rings. The van der Waals surface area contributed by atoms with E-state index in [0.717, 1.165) is 33.0 Å². The van der Waals surface area contributed by atoms with Crippen molar-refractivity contribution in [3.63, 3.8) is 0 Å². The number of pyridine rings is 1. The largest absolute Gasteiger partial charge is 0.360 e. The summed E-state index contributed by atoms with van der Waals surface area (Å²) in [7, 11) is 0. The van der Waals surface area contributed by atoms with Crippen LogP contribution in [0.2, 0.25) is 0 Å². The highest BCUT2D eigenvalue weighted by Crippen LogP contribution is 2.36. The molecule has 0 aliphatic heterocycles. The molecule has 0 saturated carbocycles. The predicted molar refractivity (Wildman–Crippen MR) is 254 cm³/mol. The molecule has 21 nitrogen and oxygen atoms in total. The molecular formula is C47H31N19O2. The molecule has 3 aromatic carbocycles. The summed E-state index contributed by atoms with van der Waals surface area (Å²) in [6.07, 6.45) is 12.8. The number of rotatable bonds is 11. The van der Waals surface area contributed by atoms with Crippen LogP contribution in [0.1, 0.15) is 20.8 Å². The van der Waals surface area contributed by atoms with Crippen LogP contribution in [0.15, 0.2) is 141 Å². The van der Waals surface area contributed by atoms with Gasteiger partial charge in [0.2, 0.25) is 0 Å². The number of carbonyl (C=O) groups is 2. The van der Waals surface area contributed by atoms with Gasteiger partial charge in [-0.1, -0.05) is 0 Å². The van der Waals surface area contributed by atoms with Crippen LogP contribution in [-0.2, 0) is 0 Å². The molecule has 8 N–H and O–H groups in total. The fourth-order valence-corrected chi connectivity index (χ4v) is 7.77. The van der Waals surface area contributed by atoms with Crippen LogP contribution in [0.5, 0.6) is 0 Å². The van der Waals surface area contributed by atoms with Gasteiger partial charge in [-0.15, -0.1) is 0 Å². The summed E-state index contributed by atoms with van der Waals surface area (Å²) in [4.78, 5) is 57.3. The van der Waals surface area contributed by atoms with Crippen molar-refractivity contribution in [2.24, 2.45) is 0 Å². The minimum absolute atomic E-state index is 0.306. The van der Waals surface area contributed by atoms with E-state index < -0.39 is 0 Å². The average molecular weight is 894 g/mol. The summed E-state index contributed by atoms with van der Waals surface area (Å²) in [5.74, 6) is 1.05. The van der Waals surface area contributed by atoms with Gasteiger partial charge in [-0.25, -0.2) is 24.9 Å². The van der Waals surface area contributed by atoms with Crippen molar-refractivity contribution in [2.75, 3.05) is 21.3 Å². The number of nitrogens with zero attached hydrogens (tertiary/aromatic N) is 11. The monoisotopic (exact) mass is 893 g/mol. The molecule has 0 fully saturated rings. The first-order chi connectivity index (χ1) is 33.4. The second-order valence-electron chi connectivity index (χ2n) is 15.5. The summed E-state index contributed by atoms with van der Waals surface area (Å²) in [6.45, 7) is 0. The topological polar surface area (TPSA) is 287 Å². The van der Waals surface area contributed by atoms with Crippen LogP contribution >= 0.6 is 0 Å². The Bertz CT molecular complexity index is 3880. The first kappa shape index (κ1) is 39.3. The van der Waals surface area contributed by atoms with Crippen LogP contribution in [0.4, 0.5) is 34.4 Å². The zero-order valence-corrected chi connectivity index (χ0v) is 35.0. The standard InChI is InChI=1S/C47H31N19O2/c67-46(57-29-7-11-50-52-21-29)33-23-49-35-4-1-24(14-31(33)35)43-48-10-9-41(63-43)59-38-16-27-20-55-66-37(27)17-32(38)39-18-42(56-28-3-6-34-26(13-28)19-54-65-34)64-45(61-39)36-5-2-25-15-40(62-44(25)60-36)47(68)58-30-8-12-51-53-22-30/h1-23,49H,(H,54,65)(H,55,66)(H,60,62)(H,48,59,63)(H,50,57,67)(H,51,58,68)(H,56,61,64). The number of H-pyrrole nitrogens is 4. The molecule has 2 amide bonds. The Hall–Kier alpha value is -10.3. The lowest BCUT2D eigenvalue weighted by atomic mass is 10.1. The third-order valence-electron chi connectivity index (χ3n) is 11.0. The fourth-order valence-electron chi connectivity index (χ4n) is 7.77. The molecule has 326 valence electrons. The number of carbonyl (C=O) groups excluding carboxylic acids is 2. The maximum Gasteiger partial charge on any atom is 0.272 e. The van der Waals surface area contributed by atoms with Gasteiger partial charge in [-0.05, 0) is 84.9 Å². The maximum atomic E-state index is 13.3. The second kappa shape index (κ2) is 16.4. The Morgan fingerprint density at radius 3 is 2.13 bits per heavy atom. The van der Waals surface area contributed by atoms with Gasteiger partial charge < -0.3 is 31.2 Å². The molecule has 0 saturated heterocycles. The minimum atomic E-state index is -0.363. The number of fused-ring (bicyclic) bond motifs is 4. The lowest BCUT2D eigenvalue weighted by molar-refractivity contribution is 0.101. The highest BCUT2D eigenvalue weighted by Gasteiger charge is 2.19. The van der Waals surface area contributed by atoms with Crippen molar-refractivity contribution in [3.05, 3.63) is 152 Å². The van der Waals surface area contributed by atoms with E-state index in [1.54, 1.807) is 49.1 Å². The van der Waals surface area contributed by atoms with Crippen molar-refractivity contribution >= 4 is 89.9 Å². The van der Waals surface area contributed by atoms with Crippen molar-refractivity contribution in [1.29, 1.82) is 0 Å². The van der Waals surface area contributed by atoms with E-state index in [9.17, 15) is 9.59 Å². The van der Waals surface area contributed by atoms with Crippen LogP contribution in [0.3, 0.4) is 0 Å². The molecule has 0 atom stereocenters. The fraction of sp³-hybridized carbons (Fsp3) is 0. The van der Waals surface area contributed by atoms with Crippen LogP contribution in [0.25, 0.3) is 77.9 Å². The number of nitrogens with one attached hydrogen (secondary N) is 8. The maximum absolute atomic E-state index is 13.3. The Labute approximate surface area is 381 Å². The van der Waals surface area contributed by atoms with Gasteiger partial charge in [0.15, 0.2) is 11.6 Å². The molecule has 12 aromatic rings. The van der Waals surface area contributed by atoms with E-state index in [2.05, 4.69) is 77.0 Å². The molecular weight excluding hydrogens is 863 g/mol. The van der Waals surface area contributed by atoms with Gasteiger partial charge in [-0.3, -0.25) is 19.8 Å². The van der Waals surface area contributed by atoms with Crippen molar-refractivity contribution < 1.29 is 9.59 Å². The molecule has 9 heterocycles. The van der Waals surface area contributed by atoms with Gasteiger partial charge in [-0.2, -0.15) is 30.6 Å². The van der Waals surface area contributed by atoms with E-state index in [1.165, 1.54) is 24.8 Å². The molecule has 0 spiro atoms. The van der Waals surface area contributed by atoms with E-state index in [4.69, 9.17) is 19.9 Å². The molecule has 21 heteroatoms. The Balaban J connectivity index is 0.911. The number of hydrogen-bond donors (Lipinski definition) is 8. The van der Waals surface area contributed by atoms with Crippen molar-refractivity contribution in [2.45, 2.75) is 0 Å². The lowest BCUT2D eigenvalue weighted by Crippen LogP contribution is -2.12. The van der Waals surface area contributed by atoms with Crippen molar-refractivity contribution in [3.8, 4) is 34.2 Å². The van der Waals surface area contributed by atoms with E-state index in [0.29, 0.717) is 90.5 Å². The Kier molecular flexibility index (Phi) is 9.45. The lowest BCUT2D eigenvalue weighted by Gasteiger charge is -2.15. The number of hydrogen-bond acceptors (Lipinski definition) is 15. The molecule has 12 rings (SSSR count). The molecule has 0 bridgehead atoms. The molecule has 68 heavy (non-hydrogen) atoms. The normalized spacial score (nSPS) is 11.4. The summed E-state index contributed by atoms with van der Waals surface area (Å²) < 4.78 is 0. The van der Waals surface area contributed by atoms with Gasteiger partial charge in [0.05, 0.1) is 70.8 Å². The van der Waals surface area contributed by atoms with Gasteiger partial charge in [0.25, 0.3) is 11.8 Å². The third kappa shape index (κ3) is 7.64. The molecule has 9 aromatic heterocycles. The second-order valence-corrected chi connectivity index (χ2v) is 15.5. The minimum Gasteiger partial charge on any atom is -0.360 e. The van der Waals surface area contributed by atoms with Gasteiger partial charge in [0, 0.05) is 68.0 Å². The Morgan fingerprint density at radius 2 is 1.31 bits per heavy atom. The number of aromatic amines is 4.